The Kier molecular flexibility index (Phi) is 8.13. The smallest absolute Gasteiger partial charge is 0.389 e. The topological polar surface area (TPSA) is 128 Å². The fraction of sp³-hybridized carbons (Fsp3) is 0.500. The first kappa shape index (κ1) is 26.6. The standard InChI is InChI=1S/C22H28F4N6O3/c1-2-32(9-14-3-5-15(6-4-14)22(24,25)26)20-18(23)19(29-13-30-20)28-12-21(35)7-8-31(10-16(21)33)11-17(27)34/h3-6,13,16,33,35H,2,7-12H2,1H3,(H2,27,34)(H,28,29,30). The summed E-state index contributed by atoms with van der Waals surface area (Å²) in [6.07, 6.45) is -4.41. The van der Waals surface area contributed by atoms with E-state index in [4.69, 9.17) is 5.73 Å². The maximum atomic E-state index is 15.2. The van der Waals surface area contributed by atoms with Gasteiger partial charge in [-0.25, -0.2) is 9.97 Å². The Morgan fingerprint density at radius 2 is 2.00 bits per heavy atom. The van der Waals surface area contributed by atoms with Crippen molar-refractivity contribution in [1.82, 2.24) is 14.9 Å². The van der Waals surface area contributed by atoms with E-state index in [1.807, 2.05) is 0 Å². The minimum absolute atomic E-state index is 0.0232. The molecule has 0 aliphatic carbocycles. The molecule has 1 amide bonds. The fourth-order valence-corrected chi connectivity index (χ4v) is 3.89. The number of nitrogens with two attached hydrogens (primary N) is 1. The Morgan fingerprint density at radius 1 is 1.31 bits per heavy atom. The van der Waals surface area contributed by atoms with E-state index in [0.717, 1.165) is 18.5 Å². The predicted molar refractivity (Wildman–Crippen MR) is 120 cm³/mol. The van der Waals surface area contributed by atoms with Crippen LogP contribution < -0.4 is 16.0 Å². The van der Waals surface area contributed by atoms with Gasteiger partial charge in [0.1, 0.15) is 11.9 Å². The molecule has 3 rings (SSSR count). The largest absolute Gasteiger partial charge is 0.416 e. The molecule has 1 saturated heterocycles. The first-order valence-electron chi connectivity index (χ1n) is 11.0. The average molecular weight is 500 g/mol. The van der Waals surface area contributed by atoms with E-state index < -0.39 is 35.2 Å². The Bertz CT molecular complexity index is 1020. The molecule has 2 aromatic rings. The number of aliphatic hydroxyl groups is 2. The first-order chi connectivity index (χ1) is 16.4. The number of primary amides is 1. The normalized spacial score (nSPS) is 21.1. The highest BCUT2D eigenvalue weighted by molar-refractivity contribution is 5.75. The molecule has 2 atom stereocenters. The minimum atomic E-state index is -4.45. The van der Waals surface area contributed by atoms with E-state index in [2.05, 4.69) is 15.3 Å². The minimum Gasteiger partial charge on any atom is -0.389 e. The third-order valence-electron chi connectivity index (χ3n) is 5.96. The van der Waals surface area contributed by atoms with Crippen LogP contribution in [0.1, 0.15) is 24.5 Å². The number of rotatable bonds is 9. The van der Waals surface area contributed by atoms with Crippen LogP contribution in [0.5, 0.6) is 0 Å². The Morgan fingerprint density at radius 3 is 2.57 bits per heavy atom. The molecule has 1 fully saturated rings. The molecule has 1 aromatic carbocycles. The summed E-state index contributed by atoms with van der Waals surface area (Å²) in [5.41, 5.74) is 3.34. The van der Waals surface area contributed by atoms with Gasteiger partial charge in [0.2, 0.25) is 11.7 Å². The Balaban J connectivity index is 1.69. The van der Waals surface area contributed by atoms with Crippen molar-refractivity contribution in [1.29, 1.82) is 0 Å². The van der Waals surface area contributed by atoms with Gasteiger partial charge in [-0.05, 0) is 31.0 Å². The molecule has 192 valence electrons. The number of hydrogen-bond donors (Lipinski definition) is 4. The zero-order chi connectivity index (χ0) is 25.8. The number of nitrogens with zero attached hydrogens (tertiary/aromatic N) is 4. The lowest BCUT2D eigenvalue weighted by atomic mass is 9.88. The quantitative estimate of drug-likeness (QED) is 0.380. The van der Waals surface area contributed by atoms with Gasteiger partial charge in [0, 0.05) is 32.7 Å². The molecule has 2 unspecified atom stereocenters. The van der Waals surface area contributed by atoms with Crippen LogP contribution in [0, 0.1) is 5.82 Å². The van der Waals surface area contributed by atoms with Crippen LogP contribution in [0.25, 0.3) is 0 Å². The monoisotopic (exact) mass is 500 g/mol. The number of hydrogen-bond acceptors (Lipinski definition) is 8. The molecule has 0 radical (unpaired) electrons. The summed E-state index contributed by atoms with van der Waals surface area (Å²) in [6.45, 7) is 2.25. The second-order valence-corrected chi connectivity index (χ2v) is 8.49. The van der Waals surface area contributed by atoms with Gasteiger partial charge in [0.05, 0.1) is 18.2 Å². The van der Waals surface area contributed by atoms with Crippen LogP contribution in [-0.2, 0) is 17.5 Å². The maximum Gasteiger partial charge on any atom is 0.416 e. The van der Waals surface area contributed by atoms with Gasteiger partial charge in [-0.1, -0.05) is 12.1 Å². The van der Waals surface area contributed by atoms with Gasteiger partial charge in [-0.2, -0.15) is 17.6 Å². The van der Waals surface area contributed by atoms with Gasteiger partial charge in [-0.15, -0.1) is 0 Å². The molecule has 1 aliphatic heterocycles. The number of carbonyl (C=O) groups is 1. The number of alkyl halides is 3. The molecular formula is C22H28F4N6O3. The zero-order valence-corrected chi connectivity index (χ0v) is 19.1. The number of carbonyl (C=O) groups excluding carboxylic acids is 1. The Hall–Kier alpha value is -3.03. The van der Waals surface area contributed by atoms with E-state index in [9.17, 15) is 28.2 Å². The third-order valence-corrected chi connectivity index (χ3v) is 5.96. The van der Waals surface area contributed by atoms with E-state index in [-0.39, 0.29) is 44.2 Å². The van der Waals surface area contributed by atoms with Gasteiger partial charge in [0.15, 0.2) is 11.6 Å². The molecule has 1 aliphatic rings. The molecule has 9 nitrogen and oxygen atoms in total. The van der Waals surface area contributed by atoms with Crippen molar-refractivity contribution < 1.29 is 32.6 Å². The highest BCUT2D eigenvalue weighted by atomic mass is 19.4. The average Bonchev–Trinajstić information content (AvgIpc) is 2.79. The molecule has 2 heterocycles. The fourth-order valence-electron chi connectivity index (χ4n) is 3.89. The van der Waals surface area contributed by atoms with Crippen molar-refractivity contribution in [2.24, 2.45) is 5.73 Å². The van der Waals surface area contributed by atoms with Crippen LogP contribution in [0.3, 0.4) is 0 Å². The summed E-state index contributed by atoms with van der Waals surface area (Å²) in [5.74, 6) is -1.60. The summed E-state index contributed by atoms with van der Waals surface area (Å²) < 4.78 is 53.6. The number of amides is 1. The summed E-state index contributed by atoms with van der Waals surface area (Å²) in [5, 5.41) is 23.9. The Labute approximate surface area is 199 Å². The predicted octanol–water partition coefficient (Wildman–Crippen LogP) is 1.36. The van der Waals surface area contributed by atoms with Crippen molar-refractivity contribution in [3.63, 3.8) is 0 Å². The maximum absolute atomic E-state index is 15.2. The summed E-state index contributed by atoms with van der Waals surface area (Å²) in [4.78, 5) is 22.1. The second-order valence-electron chi connectivity index (χ2n) is 8.49. The van der Waals surface area contributed by atoms with E-state index >= 15 is 4.39 Å². The van der Waals surface area contributed by atoms with Crippen molar-refractivity contribution in [2.75, 3.05) is 42.9 Å². The number of nitrogens with one attached hydrogen (secondary N) is 1. The number of benzene rings is 1. The summed E-state index contributed by atoms with van der Waals surface area (Å²) in [6, 6.07) is 4.58. The first-order valence-corrected chi connectivity index (χ1v) is 11.0. The molecule has 0 bridgehead atoms. The number of likely N-dealkylation sites (tertiary alicyclic amines) is 1. The number of anilines is 2. The van der Waals surface area contributed by atoms with Gasteiger partial charge >= 0.3 is 6.18 Å². The highest BCUT2D eigenvalue weighted by Crippen LogP contribution is 2.30. The van der Waals surface area contributed by atoms with Crippen molar-refractivity contribution in [2.45, 2.75) is 37.8 Å². The molecule has 0 saturated carbocycles. The number of β-amino-alcohol motifs (C(OH)–C–C–N with tert-alkyl or cyclic N) is 1. The van der Waals surface area contributed by atoms with Crippen LogP contribution in [-0.4, -0.2) is 75.4 Å². The van der Waals surface area contributed by atoms with E-state index in [1.165, 1.54) is 17.0 Å². The molecule has 35 heavy (non-hydrogen) atoms. The SMILES string of the molecule is CCN(Cc1ccc(C(F)(F)F)cc1)c1ncnc(NCC2(O)CCN(CC(N)=O)CC2O)c1F. The molecule has 13 heteroatoms. The molecule has 1 aromatic heterocycles. The number of aromatic nitrogens is 2. The van der Waals surface area contributed by atoms with Gasteiger partial charge in [-0.3, -0.25) is 9.69 Å². The van der Waals surface area contributed by atoms with Crippen molar-refractivity contribution in [3.05, 3.63) is 47.5 Å². The van der Waals surface area contributed by atoms with Crippen LogP contribution in [0.15, 0.2) is 30.6 Å². The van der Waals surface area contributed by atoms with Crippen molar-refractivity contribution in [3.8, 4) is 0 Å². The number of aliphatic hydroxyl groups excluding tert-OH is 1. The molecule has 5 N–H and O–H groups in total. The third kappa shape index (κ3) is 6.55. The zero-order valence-electron chi connectivity index (χ0n) is 19.1. The van der Waals surface area contributed by atoms with E-state index in [1.54, 1.807) is 11.8 Å². The van der Waals surface area contributed by atoms with Crippen molar-refractivity contribution >= 4 is 17.5 Å². The lowest BCUT2D eigenvalue weighted by molar-refractivity contribution is -0.137. The van der Waals surface area contributed by atoms with Crippen LogP contribution >= 0.6 is 0 Å². The second kappa shape index (κ2) is 10.7. The van der Waals surface area contributed by atoms with E-state index in [0.29, 0.717) is 18.7 Å². The summed E-state index contributed by atoms with van der Waals surface area (Å²) in [7, 11) is 0. The van der Waals surface area contributed by atoms with Crippen LogP contribution in [0.2, 0.25) is 0 Å². The lowest BCUT2D eigenvalue weighted by Crippen LogP contribution is -2.59. The van der Waals surface area contributed by atoms with Gasteiger partial charge in [0.25, 0.3) is 0 Å². The molecule has 0 spiro atoms. The number of piperidine rings is 1. The summed E-state index contributed by atoms with van der Waals surface area (Å²) >= 11 is 0. The van der Waals surface area contributed by atoms with Gasteiger partial charge < -0.3 is 26.2 Å². The molecular weight excluding hydrogens is 472 g/mol. The lowest BCUT2D eigenvalue weighted by Gasteiger charge is -2.41. The highest BCUT2D eigenvalue weighted by Gasteiger charge is 2.41. The van der Waals surface area contributed by atoms with Crippen LogP contribution in [0.4, 0.5) is 29.2 Å². The number of halogens is 4.